The molecule has 0 bridgehead atoms. The first-order chi connectivity index (χ1) is 10.4. The summed E-state index contributed by atoms with van der Waals surface area (Å²) in [6, 6.07) is 10.0. The third-order valence-corrected chi connectivity index (χ3v) is 3.91. The van der Waals surface area contributed by atoms with Gasteiger partial charge in [0.15, 0.2) is 11.4 Å². The zero-order valence-corrected chi connectivity index (χ0v) is 12.4. The molecule has 1 N–H and O–H groups in total. The second kappa shape index (κ2) is 5.10. The molecular weight excluding hydrogens is 282 g/mol. The van der Waals surface area contributed by atoms with Crippen LogP contribution in [0.1, 0.15) is 36.4 Å². The lowest BCUT2D eigenvalue weighted by Gasteiger charge is -2.25. The first kappa shape index (κ1) is 14.5. The summed E-state index contributed by atoms with van der Waals surface area (Å²) in [5.41, 5.74) is -0.726. The number of anilines is 1. The minimum atomic E-state index is -1.84. The molecule has 1 aromatic heterocycles. The molecule has 3 rings (SSSR count). The van der Waals surface area contributed by atoms with Gasteiger partial charge in [0.05, 0.1) is 18.4 Å². The van der Waals surface area contributed by atoms with Crippen LogP contribution in [0.4, 0.5) is 5.69 Å². The van der Waals surface area contributed by atoms with Crippen molar-refractivity contribution < 1.29 is 19.1 Å². The monoisotopic (exact) mass is 299 g/mol. The molecule has 0 saturated heterocycles. The van der Waals surface area contributed by atoms with Gasteiger partial charge in [0, 0.05) is 11.6 Å². The van der Waals surface area contributed by atoms with E-state index in [4.69, 9.17) is 4.42 Å². The van der Waals surface area contributed by atoms with Gasteiger partial charge in [-0.3, -0.25) is 9.59 Å². The molecule has 0 saturated carbocycles. The smallest absolute Gasteiger partial charge is 0.264 e. The Morgan fingerprint density at radius 1 is 1.27 bits per heavy atom. The summed E-state index contributed by atoms with van der Waals surface area (Å²) >= 11 is 0. The number of para-hydroxylation sites is 1. The SMILES string of the molecule is CC(C)N1C(=O)C(O)(CC(=O)c2ccco2)c2ccccc21. The Bertz CT molecular complexity index is 720. The Morgan fingerprint density at radius 2 is 2.00 bits per heavy atom. The lowest BCUT2D eigenvalue weighted by molar-refractivity contribution is -0.136. The molecule has 0 spiro atoms. The quantitative estimate of drug-likeness (QED) is 0.881. The van der Waals surface area contributed by atoms with Gasteiger partial charge in [-0.15, -0.1) is 0 Å². The fourth-order valence-corrected chi connectivity index (χ4v) is 2.90. The van der Waals surface area contributed by atoms with E-state index < -0.39 is 17.3 Å². The van der Waals surface area contributed by atoms with Crippen LogP contribution in [-0.2, 0) is 10.4 Å². The summed E-state index contributed by atoms with van der Waals surface area (Å²) in [7, 11) is 0. The maximum Gasteiger partial charge on any atom is 0.264 e. The molecule has 2 aromatic rings. The van der Waals surface area contributed by atoms with Crippen molar-refractivity contribution in [2.75, 3.05) is 4.90 Å². The number of nitrogens with zero attached hydrogens (tertiary/aromatic N) is 1. The molecule has 114 valence electrons. The molecule has 0 fully saturated rings. The van der Waals surface area contributed by atoms with E-state index in [0.29, 0.717) is 11.3 Å². The third kappa shape index (κ3) is 2.05. The van der Waals surface area contributed by atoms with Crippen molar-refractivity contribution in [1.29, 1.82) is 0 Å². The molecule has 5 nitrogen and oxygen atoms in total. The highest BCUT2D eigenvalue weighted by molar-refractivity contribution is 6.10. The summed E-state index contributed by atoms with van der Waals surface area (Å²) in [6.45, 7) is 3.74. The van der Waals surface area contributed by atoms with Gasteiger partial charge in [-0.2, -0.15) is 0 Å². The summed E-state index contributed by atoms with van der Waals surface area (Å²) in [6.07, 6.45) is 1.06. The van der Waals surface area contributed by atoms with Crippen LogP contribution in [0.25, 0.3) is 0 Å². The number of hydrogen-bond acceptors (Lipinski definition) is 4. The maximum absolute atomic E-state index is 12.7. The lowest BCUT2D eigenvalue weighted by Crippen LogP contribution is -2.44. The molecule has 1 aliphatic rings. The van der Waals surface area contributed by atoms with Crippen LogP contribution in [0, 0.1) is 0 Å². The Kier molecular flexibility index (Phi) is 3.37. The van der Waals surface area contributed by atoms with Crippen molar-refractivity contribution >= 4 is 17.4 Å². The minimum absolute atomic E-state index is 0.110. The van der Waals surface area contributed by atoms with E-state index in [9.17, 15) is 14.7 Å². The molecule has 5 heteroatoms. The molecule has 1 aromatic carbocycles. The minimum Gasteiger partial charge on any atom is -0.461 e. The van der Waals surface area contributed by atoms with E-state index in [2.05, 4.69) is 0 Å². The average Bonchev–Trinajstić information content (AvgIpc) is 3.07. The van der Waals surface area contributed by atoms with Crippen LogP contribution in [0.2, 0.25) is 0 Å². The largest absolute Gasteiger partial charge is 0.461 e. The molecular formula is C17H17NO4. The van der Waals surface area contributed by atoms with Crippen LogP contribution < -0.4 is 4.90 Å². The van der Waals surface area contributed by atoms with Crippen LogP contribution >= 0.6 is 0 Å². The Balaban J connectivity index is 2.02. The van der Waals surface area contributed by atoms with Crippen molar-refractivity contribution in [2.45, 2.75) is 31.9 Å². The number of carbonyl (C=O) groups excluding carboxylic acids is 2. The Hall–Kier alpha value is -2.40. The number of hydrogen-bond donors (Lipinski definition) is 1. The predicted octanol–water partition coefficient (Wildman–Crippen LogP) is 2.50. The topological polar surface area (TPSA) is 70.8 Å². The van der Waals surface area contributed by atoms with Gasteiger partial charge in [0.25, 0.3) is 5.91 Å². The highest BCUT2D eigenvalue weighted by Crippen LogP contribution is 2.43. The summed E-state index contributed by atoms with van der Waals surface area (Å²) in [4.78, 5) is 26.5. The molecule has 0 radical (unpaired) electrons. The second-order valence-corrected chi connectivity index (χ2v) is 5.72. The third-order valence-electron chi connectivity index (χ3n) is 3.91. The van der Waals surface area contributed by atoms with Gasteiger partial charge in [-0.1, -0.05) is 18.2 Å². The second-order valence-electron chi connectivity index (χ2n) is 5.72. The van der Waals surface area contributed by atoms with Gasteiger partial charge in [0.1, 0.15) is 0 Å². The number of ketones is 1. The van der Waals surface area contributed by atoms with E-state index in [1.54, 1.807) is 24.3 Å². The normalized spacial score (nSPS) is 20.5. The van der Waals surface area contributed by atoms with E-state index >= 15 is 0 Å². The highest BCUT2D eigenvalue weighted by atomic mass is 16.3. The van der Waals surface area contributed by atoms with Crippen molar-refractivity contribution in [1.82, 2.24) is 0 Å². The summed E-state index contributed by atoms with van der Waals surface area (Å²) in [5, 5.41) is 10.9. The Morgan fingerprint density at radius 3 is 2.64 bits per heavy atom. The first-order valence-electron chi connectivity index (χ1n) is 7.17. The van der Waals surface area contributed by atoms with Crippen molar-refractivity contribution in [3.63, 3.8) is 0 Å². The Labute approximate surface area is 128 Å². The molecule has 22 heavy (non-hydrogen) atoms. The van der Waals surface area contributed by atoms with Gasteiger partial charge < -0.3 is 14.4 Å². The standard InChI is InChI=1S/C17H17NO4/c1-11(2)18-13-7-4-3-6-12(13)17(21,16(18)20)10-14(19)15-8-5-9-22-15/h3-9,11,21H,10H2,1-2H3. The number of carbonyl (C=O) groups is 2. The fraction of sp³-hybridized carbons (Fsp3) is 0.294. The van der Waals surface area contributed by atoms with Crippen molar-refractivity contribution in [2.24, 2.45) is 0 Å². The molecule has 2 heterocycles. The number of aliphatic hydroxyl groups is 1. The number of Topliss-reactive ketones (excluding diaryl/α,β-unsaturated/α-hetero) is 1. The average molecular weight is 299 g/mol. The van der Waals surface area contributed by atoms with Crippen molar-refractivity contribution in [3.05, 3.63) is 54.0 Å². The van der Waals surface area contributed by atoms with Gasteiger partial charge in [-0.25, -0.2) is 0 Å². The maximum atomic E-state index is 12.7. The summed E-state index contributed by atoms with van der Waals surface area (Å²) in [5.74, 6) is -0.730. The van der Waals surface area contributed by atoms with E-state index in [1.807, 2.05) is 19.9 Å². The van der Waals surface area contributed by atoms with Crippen LogP contribution in [0.5, 0.6) is 0 Å². The zero-order valence-electron chi connectivity index (χ0n) is 12.4. The van der Waals surface area contributed by atoms with E-state index in [0.717, 1.165) is 0 Å². The zero-order chi connectivity index (χ0) is 15.9. The van der Waals surface area contributed by atoms with Crippen LogP contribution in [0.15, 0.2) is 47.1 Å². The van der Waals surface area contributed by atoms with Gasteiger partial charge in [-0.05, 0) is 32.0 Å². The van der Waals surface area contributed by atoms with Crippen molar-refractivity contribution in [3.8, 4) is 0 Å². The highest BCUT2D eigenvalue weighted by Gasteiger charge is 2.51. The van der Waals surface area contributed by atoms with Gasteiger partial charge in [0.2, 0.25) is 5.78 Å². The van der Waals surface area contributed by atoms with Crippen LogP contribution in [-0.4, -0.2) is 22.8 Å². The molecule has 1 aliphatic heterocycles. The van der Waals surface area contributed by atoms with E-state index in [-0.39, 0.29) is 18.2 Å². The van der Waals surface area contributed by atoms with Crippen LogP contribution in [0.3, 0.4) is 0 Å². The molecule has 1 amide bonds. The first-order valence-corrected chi connectivity index (χ1v) is 7.17. The number of amides is 1. The molecule has 1 unspecified atom stereocenters. The van der Waals surface area contributed by atoms with E-state index in [1.165, 1.54) is 17.2 Å². The number of fused-ring (bicyclic) bond motifs is 1. The number of furan rings is 1. The number of benzene rings is 1. The fourth-order valence-electron chi connectivity index (χ4n) is 2.90. The van der Waals surface area contributed by atoms with Gasteiger partial charge >= 0.3 is 0 Å². The summed E-state index contributed by atoms with van der Waals surface area (Å²) < 4.78 is 5.06. The molecule has 1 atom stereocenters. The lowest BCUT2D eigenvalue weighted by atomic mass is 9.89. The predicted molar refractivity (Wildman–Crippen MR) is 80.6 cm³/mol. The molecule has 0 aliphatic carbocycles. The number of rotatable bonds is 4.